The van der Waals surface area contributed by atoms with Gasteiger partial charge >= 0.3 is 21.2 Å². The quantitative estimate of drug-likeness (QED) is 0.406. The molecule has 0 atom stereocenters. The molecule has 4 nitrogen and oxygen atoms in total. The van der Waals surface area contributed by atoms with E-state index >= 15 is 0 Å². The third-order valence-corrected chi connectivity index (χ3v) is 7.01. The van der Waals surface area contributed by atoms with E-state index in [1.54, 1.807) is 0 Å². The maximum Gasteiger partial charge on any atom is 0.454 e. The summed E-state index contributed by atoms with van der Waals surface area (Å²) >= 11 is 0. The van der Waals surface area contributed by atoms with Gasteiger partial charge in [0.1, 0.15) is 6.42 Å². The second-order valence-corrected chi connectivity index (χ2v) is 7.38. The van der Waals surface area contributed by atoms with E-state index in [-0.39, 0.29) is 11.5 Å². The maximum absolute atomic E-state index is 11.4. The van der Waals surface area contributed by atoms with E-state index in [2.05, 4.69) is 20.8 Å². The van der Waals surface area contributed by atoms with Gasteiger partial charge in [-0.15, -0.1) is 0 Å². The van der Waals surface area contributed by atoms with E-state index in [0.717, 1.165) is 32.1 Å². The van der Waals surface area contributed by atoms with Crippen LogP contribution in [0.15, 0.2) is 0 Å². The molecule has 104 valence electrons. The monoisotopic (exact) mass is 272 g/mol. The Bertz CT molecular complexity index is 283. The van der Waals surface area contributed by atoms with Crippen LogP contribution >= 0.6 is 0 Å². The fraction of sp³-hybridized carbons (Fsp3) is 0.846. The topological polar surface area (TPSA) is 52.6 Å². The van der Waals surface area contributed by atoms with Crippen molar-refractivity contribution in [3.63, 3.8) is 0 Å². The van der Waals surface area contributed by atoms with E-state index in [1.165, 1.54) is 6.42 Å². The minimum Gasteiger partial charge on any atom is -0.486 e. The van der Waals surface area contributed by atoms with Gasteiger partial charge in [0.2, 0.25) is 0 Å². The molecule has 1 aliphatic rings. The fourth-order valence-electron chi connectivity index (χ4n) is 2.50. The molecule has 0 spiro atoms. The lowest BCUT2D eigenvalue weighted by atomic mass is 9.94. The Morgan fingerprint density at radius 2 is 1.61 bits per heavy atom. The zero-order valence-electron chi connectivity index (χ0n) is 11.7. The molecule has 0 radical (unpaired) electrons. The SMILES string of the molecule is CCCCCC(CC)(CC)[SiH]1OC(=O)CC(=O)O1. The molecule has 0 aliphatic carbocycles. The zero-order chi connectivity index (χ0) is 13.6. The third kappa shape index (κ3) is 3.57. The molecule has 1 aliphatic heterocycles. The minimum atomic E-state index is -2.23. The van der Waals surface area contributed by atoms with E-state index in [4.69, 9.17) is 8.85 Å². The van der Waals surface area contributed by atoms with Crippen LogP contribution in [0.25, 0.3) is 0 Å². The summed E-state index contributed by atoms with van der Waals surface area (Å²) in [5.41, 5.74) is 0. The predicted octanol–water partition coefficient (Wildman–Crippen LogP) is 2.84. The highest BCUT2D eigenvalue weighted by atomic mass is 28.3. The molecule has 0 N–H and O–H groups in total. The van der Waals surface area contributed by atoms with Crippen molar-refractivity contribution in [2.45, 2.75) is 70.8 Å². The molecule has 0 amide bonds. The van der Waals surface area contributed by atoms with Crippen molar-refractivity contribution < 1.29 is 18.4 Å². The fourth-order valence-corrected chi connectivity index (χ4v) is 4.79. The molecule has 18 heavy (non-hydrogen) atoms. The summed E-state index contributed by atoms with van der Waals surface area (Å²) in [5.74, 6) is -0.797. The van der Waals surface area contributed by atoms with Gasteiger partial charge in [-0.3, -0.25) is 9.59 Å². The molecule has 0 aromatic carbocycles. The van der Waals surface area contributed by atoms with Crippen LogP contribution in [0, 0.1) is 0 Å². The number of unbranched alkanes of at least 4 members (excludes halogenated alkanes) is 2. The molecule has 0 unspecified atom stereocenters. The van der Waals surface area contributed by atoms with Crippen LogP contribution in [0.2, 0.25) is 5.04 Å². The van der Waals surface area contributed by atoms with Crippen LogP contribution < -0.4 is 0 Å². The Balaban J connectivity index is 2.75. The summed E-state index contributed by atoms with van der Waals surface area (Å²) < 4.78 is 10.8. The molecule has 1 rings (SSSR count). The lowest BCUT2D eigenvalue weighted by Gasteiger charge is -2.37. The average molecular weight is 272 g/mol. The van der Waals surface area contributed by atoms with Gasteiger partial charge in [0.05, 0.1) is 0 Å². The normalized spacial score (nSPS) is 17.5. The predicted molar refractivity (Wildman–Crippen MR) is 71.4 cm³/mol. The Morgan fingerprint density at radius 1 is 1.06 bits per heavy atom. The number of rotatable bonds is 7. The first kappa shape index (κ1) is 15.2. The van der Waals surface area contributed by atoms with Crippen LogP contribution in [0.1, 0.15) is 65.7 Å². The van der Waals surface area contributed by atoms with Gasteiger partial charge in [-0.2, -0.15) is 0 Å². The standard InChI is InChI=1S/C13H24O4Si/c1-4-7-8-9-13(5-2,6-3)18-16-11(14)10-12(15)17-18/h18H,4-10H2,1-3H3. The Hall–Kier alpha value is -0.843. The molecular formula is C13H24O4Si. The van der Waals surface area contributed by atoms with Gasteiger partial charge < -0.3 is 8.85 Å². The first-order chi connectivity index (χ1) is 8.57. The Kier molecular flexibility index (Phi) is 5.85. The molecule has 1 saturated heterocycles. The summed E-state index contributed by atoms with van der Waals surface area (Å²) in [4.78, 5) is 22.8. The van der Waals surface area contributed by atoms with E-state index < -0.39 is 21.2 Å². The van der Waals surface area contributed by atoms with Gasteiger partial charge in [0.25, 0.3) is 0 Å². The Morgan fingerprint density at radius 3 is 2.06 bits per heavy atom. The molecule has 0 aromatic heterocycles. The van der Waals surface area contributed by atoms with Gasteiger partial charge in [0, 0.05) is 5.04 Å². The molecule has 0 aromatic rings. The summed E-state index contributed by atoms with van der Waals surface area (Å²) in [7, 11) is -2.23. The number of hydrogen-bond acceptors (Lipinski definition) is 4. The smallest absolute Gasteiger partial charge is 0.454 e. The van der Waals surface area contributed by atoms with Crippen molar-refractivity contribution >= 4 is 21.2 Å². The lowest BCUT2D eigenvalue weighted by molar-refractivity contribution is -0.153. The van der Waals surface area contributed by atoms with Crippen molar-refractivity contribution in [3.05, 3.63) is 0 Å². The van der Waals surface area contributed by atoms with E-state index in [0.29, 0.717) is 0 Å². The van der Waals surface area contributed by atoms with Gasteiger partial charge in [-0.1, -0.05) is 40.0 Å². The summed E-state index contributed by atoms with van der Waals surface area (Å²) in [6, 6.07) is 0. The summed E-state index contributed by atoms with van der Waals surface area (Å²) in [6.07, 6.45) is 6.03. The van der Waals surface area contributed by atoms with Gasteiger partial charge in [-0.25, -0.2) is 0 Å². The van der Waals surface area contributed by atoms with Crippen molar-refractivity contribution in [1.29, 1.82) is 0 Å². The van der Waals surface area contributed by atoms with Crippen molar-refractivity contribution in [2.75, 3.05) is 0 Å². The number of carbonyl (C=O) groups is 2. The first-order valence-electron chi connectivity index (χ1n) is 6.97. The maximum atomic E-state index is 11.4. The lowest BCUT2D eigenvalue weighted by Crippen LogP contribution is -2.45. The highest BCUT2D eigenvalue weighted by molar-refractivity contribution is 6.54. The molecule has 1 fully saturated rings. The molecule has 1 heterocycles. The summed E-state index contributed by atoms with van der Waals surface area (Å²) in [5, 5.41) is -0.0824. The molecule has 0 bridgehead atoms. The van der Waals surface area contributed by atoms with Crippen LogP contribution in [-0.4, -0.2) is 21.2 Å². The third-order valence-electron chi connectivity index (χ3n) is 3.95. The van der Waals surface area contributed by atoms with Gasteiger partial charge in [0.15, 0.2) is 0 Å². The second kappa shape index (κ2) is 6.92. The van der Waals surface area contributed by atoms with E-state index in [1.807, 2.05) is 0 Å². The van der Waals surface area contributed by atoms with Crippen LogP contribution in [-0.2, 0) is 18.4 Å². The van der Waals surface area contributed by atoms with Crippen molar-refractivity contribution in [2.24, 2.45) is 0 Å². The molecule has 0 saturated carbocycles. The average Bonchev–Trinajstić information content (AvgIpc) is 2.34. The van der Waals surface area contributed by atoms with Crippen LogP contribution in [0.3, 0.4) is 0 Å². The minimum absolute atomic E-state index is 0.0824. The summed E-state index contributed by atoms with van der Waals surface area (Å²) in [6.45, 7) is 6.36. The van der Waals surface area contributed by atoms with Crippen LogP contribution in [0.4, 0.5) is 0 Å². The van der Waals surface area contributed by atoms with Crippen molar-refractivity contribution in [3.8, 4) is 0 Å². The Labute approximate surface area is 111 Å². The second-order valence-electron chi connectivity index (χ2n) is 5.02. The molecular weight excluding hydrogens is 248 g/mol. The van der Waals surface area contributed by atoms with Crippen LogP contribution in [0.5, 0.6) is 0 Å². The number of hydrogen-bond donors (Lipinski definition) is 0. The highest BCUT2D eigenvalue weighted by Gasteiger charge is 2.47. The van der Waals surface area contributed by atoms with E-state index in [9.17, 15) is 9.59 Å². The molecule has 5 heteroatoms. The van der Waals surface area contributed by atoms with Gasteiger partial charge in [-0.05, 0) is 19.3 Å². The highest BCUT2D eigenvalue weighted by Crippen LogP contribution is 2.45. The van der Waals surface area contributed by atoms with Crippen molar-refractivity contribution in [1.82, 2.24) is 0 Å². The zero-order valence-corrected chi connectivity index (χ0v) is 12.8. The largest absolute Gasteiger partial charge is 0.486 e. The number of carbonyl (C=O) groups excluding carboxylic acids is 2. The first-order valence-corrected chi connectivity index (χ1v) is 8.49.